The molecule has 2 N–H and O–H groups in total. The van der Waals surface area contributed by atoms with Crippen LogP contribution in [0, 0.1) is 6.92 Å². The van der Waals surface area contributed by atoms with Crippen LogP contribution in [0.5, 0.6) is 6.01 Å². The predicted molar refractivity (Wildman–Crippen MR) is 74.7 cm³/mol. The highest BCUT2D eigenvalue weighted by molar-refractivity contribution is 7.09. The van der Waals surface area contributed by atoms with Crippen LogP contribution < -0.4 is 15.4 Å². The highest BCUT2D eigenvalue weighted by Gasteiger charge is 2.06. The van der Waals surface area contributed by atoms with Crippen LogP contribution >= 0.6 is 11.3 Å². The van der Waals surface area contributed by atoms with Crippen LogP contribution in [-0.2, 0) is 6.54 Å². The molecule has 0 aliphatic carbocycles. The standard InChI is InChI=1S/C11H16N6OS/c1-4-18-11-16-9(12-3)15-10(17-11)13-5-8-6-19-7(2)14-8/h6H,4-5H2,1-3H3,(H2,12,13,15,16,17). The van der Waals surface area contributed by atoms with Crippen LogP contribution in [0.2, 0.25) is 0 Å². The maximum Gasteiger partial charge on any atom is 0.323 e. The van der Waals surface area contributed by atoms with Crippen molar-refractivity contribution in [1.82, 2.24) is 19.9 Å². The summed E-state index contributed by atoms with van der Waals surface area (Å²) in [6.07, 6.45) is 0. The smallest absolute Gasteiger partial charge is 0.323 e. The number of ether oxygens (including phenoxy) is 1. The number of hydrogen-bond acceptors (Lipinski definition) is 8. The van der Waals surface area contributed by atoms with E-state index in [4.69, 9.17) is 4.74 Å². The summed E-state index contributed by atoms with van der Waals surface area (Å²) < 4.78 is 5.29. The lowest BCUT2D eigenvalue weighted by molar-refractivity contribution is 0.312. The van der Waals surface area contributed by atoms with Crippen LogP contribution in [0.3, 0.4) is 0 Å². The fourth-order valence-corrected chi connectivity index (χ4v) is 2.01. The molecule has 2 heterocycles. The summed E-state index contributed by atoms with van der Waals surface area (Å²) in [5, 5.41) is 9.03. The number of thiazole rings is 1. The average molecular weight is 280 g/mol. The van der Waals surface area contributed by atoms with Crippen LogP contribution in [-0.4, -0.2) is 33.6 Å². The van der Waals surface area contributed by atoms with E-state index >= 15 is 0 Å². The molecular formula is C11H16N6OS. The van der Waals surface area contributed by atoms with E-state index in [1.807, 2.05) is 19.2 Å². The van der Waals surface area contributed by atoms with Gasteiger partial charge in [-0.1, -0.05) is 0 Å². The zero-order valence-corrected chi connectivity index (χ0v) is 11.9. The fourth-order valence-electron chi connectivity index (χ4n) is 1.40. The first-order chi connectivity index (χ1) is 9.21. The number of aromatic nitrogens is 4. The minimum atomic E-state index is 0.304. The van der Waals surface area contributed by atoms with E-state index in [0.29, 0.717) is 31.1 Å². The SMILES string of the molecule is CCOc1nc(NC)nc(NCc2csc(C)n2)n1. The Bertz CT molecular complexity index is 544. The number of rotatable bonds is 6. The van der Waals surface area contributed by atoms with Crippen molar-refractivity contribution in [2.45, 2.75) is 20.4 Å². The maximum absolute atomic E-state index is 5.29. The van der Waals surface area contributed by atoms with E-state index < -0.39 is 0 Å². The van der Waals surface area contributed by atoms with Gasteiger partial charge in [-0.05, 0) is 13.8 Å². The van der Waals surface area contributed by atoms with Crippen LogP contribution in [0.4, 0.5) is 11.9 Å². The molecule has 19 heavy (non-hydrogen) atoms. The number of nitrogens with one attached hydrogen (secondary N) is 2. The summed E-state index contributed by atoms with van der Waals surface area (Å²) in [6, 6.07) is 0.304. The van der Waals surface area contributed by atoms with Gasteiger partial charge in [-0.25, -0.2) is 4.98 Å². The molecule has 0 spiro atoms. The third-order valence-electron chi connectivity index (χ3n) is 2.21. The van der Waals surface area contributed by atoms with Gasteiger partial charge in [-0.2, -0.15) is 15.0 Å². The normalized spacial score (nSPS) is 10.3. The predicted octanol–water partition coefficient (Wildman–Crippen LogP) is 1.69. The van der Waals surface area contributed by atoms with Crippen molar-refractivity contribution in [2.75, 3.05) is 24.3 Å². The van der Waals surface area contributed by atoms with Crippen molar-refractivity contribution in [1.29, 1.82) is 0 Å². The van der Waals surface area contributed by atoms with Crippen molar-refractivity contribution >= 4 is 23.2 Å². The highest BCUT2D eigenvalue weighted by Crippen LogP contribution is 2.13. The van der Waals surface area contributed by atoms with Crippen molar-refractivity contribution in [2.24, 2.45) is 0 Å². The molecule has 0 radical (unpaired) electrons. The van der Waals surface area contributed by atoms with E-state index in [1.165, 1.54) is 0 Å². The van der Waals surface area contributed by atoms with E-state index in [0.717, 1.165) is 10.7 Å². The van der Waals surface area contributed by atoms with Gasteiger partial charge < -0.3 is 15.4 Å². The Morgan fingerprint density at radius 1 is 1.21 bits per heavy atom. The molecular weight excluding hydrogens is 264 g/mol. The Kier molecular flexibility index (Phi) is 4.45. The summed E-state index contributed by atoms with van der Waals surface area (Å²) in [6.45, 7) is 4.94. The molecule has 0 bridgehead atoms. The summed E-state index contributed by atoms with van der Waals surface area (Å²) in [7, 11) is 1.75. The van der Waals surface area contributed by atoms with Gasteiger partial charge in [0.25, 0.3) is 0 Å². The number of nitrogens with zero attached hydrogens (tertiary/aromatic N) is 4. The third kappa shape index (κ3) is 3.75. The molecule has 0 amide bonds. The summed E-state index contributed by atoms with van der Waals surface area (Å²) >= 11 is 1.62. The molecule has 2 rings (SSSR count). The molecule has 102 valence electrons. The number of aryl methyl sites for hydroxylation is 1. The monoisotopic (exact) mass is 280 g/mol. The highest BCUT2D eigenvalue weighted by atomic mass is 32.1. The third-order valence-corrected chi connectivity index (χ3v) is 3.03. The Hall–Kier alpha value is -1.96. The summed E-state index contributed by atoms with van der Waals surface area (Å²) in [5.41, 5.74) is 0.965. The first kappa shape index (κ1) is 13.5. The Morgan fingerprint density at radius 3 is 2.63 bits per heavy atom. The molecule has 7 nitrogen and oxygen atoms in total. The second-order valence-corrected chi connectivity index (χ2v) is 4.72. The van der Waals surface area contributed by atoms with E-state index in [-0.39, 0.29) is 0 Å². The molecule has 0 fully saturated rings. The zero-order valence-electron chi connectivity index (χ0n) is 11.1. The summed E-state index contributed by atoms with van der Waals surface area (Å²) in [5.74, 6) is 0.934. The van der Waals surface area contributed by atoms with E-state index in [1.54, 1.807) is 18.4 Å². The minimum Gasteiger partial charge on any atom is -0.464 e. The first-order valence-corrected chi connectivity index (χ1v) is 6.80. The van der Waals surface area contributed by atoms with E-state index in [9.17, 15) is 0 Å². The molecule has 0 unspecified atom stereocenters. The van der Waals surface area contributed by atoms with Crippen LogP contribution in [0.1, 0.15) is 17.6 Å². The summed E-state index contributed by atoms with van der Waals surface area (Å²) in [4.78, 5) is 16.8. The second kappa shape index (κ2) is 6.28. The van der Waals surface area contributed by atoms with E-state index in [2.05, 4.69) is 30.6 Å². The van der Waals surface area contributed by atoms with Crippen LogP contribution in [0.25, 0.3) is 0 Å². The molecule has 2 aromatic rings. The van der Waals surface area contributed by atoms with Crippen molar-refractivity contribution in [3.8, 4) is 6.01 Å². The van der Waals surface area contributed by atoms with Crippen LogP contribution in [0.15, 0.2) is 5.38 Å². The van der Waals surface area contributed by atoms with Gasteiger partial charge in [0.15, 0.2) is 0 Å². The molecule has 0 atom stereocenters. The van der Waals surface area contributed by atoms with Crippen molar-refractivity contribution in [3.05, 3.63) is 16.1 Å². The molecule has 0 aromatic carbocycles. The number of hydrogen-bond donors (Lipinski definition) is 2. The van der Waals surface area contributed by atoms with Gasteiger partial charge in [0.2, 0.25) is 11.9 Å². The minimum absolute atomic E-state index is 0.304. The lowest BCUT2D eigenvalue weighted by atomic mass is 10.5. The lowest BCUT2D eigenvalue weighted by Gasteiger charge is -2.07. The molecule has 8 heteroatoms. The van der Waals surface area contributed by atoms with Crippen molar-refractivity contribution < 1.29 is 4.74 Å². The average Bonchev–Trinajstić information content (AvgIpc) is 2.82. The molecule has 0 aliphatic heterocycles. The van der Waals surface area contributed by atoms with Gasteiger partial charge in [0, 0.05) is 12.4 Å². The maximum atomic E-state index is 5.29. The van der Waals surface area contributed by atoms with Gasteiger partial charge in [-0.15, -0.1) is 11.3 Å². The molecule has 0 aliphatic rings. The molecule has 2 aromatic heterocycles. The zero-order chi connectivity index (χ0) is 13.7. The fraction of sp³-hybridized carbons (Fsp3) is 0.455. The quantitative estimate of drug-likeness (QED) is 0.832. The van der Waals surface area contributed by atoms with Gasteiger partial charge >= 0.3 is 6.01 Å². The largest absolute Gasteiger partial charge is 0.464 e. The van der Waals surface area contributed by atoms with Gasteiger partial charge in [0.05, 0.1) is 23.9 Å². The van der Waals surface area contributed by atoms with Gasteiger partial charge in [-0.3, -0.25) is 0 Å². The Morgan fingerprint density at radius 2 is 2.00 bits per heavy atom. The second-order valence-electron chi connectivity index (χ2n) is 3.66. The Balaban J connectivity index is 2.08. The lowest BCUT2D eigenvalue weighted by Crippen LogP contribution is -2.09. The molecule has 0 saturated heterocycles. The van der Waals surface area contributed by atoms with Crippen molar-refractivity contribution in [3.63, 3.8) is 0 Å². The Labute approximate surface area is 115 Å². The van der Waals surface area contributed by atoms with Gasteiger partial charge in [0.1, 0.15) is 0 Å². The number of anilines is 2. The first-order valence-electron chi connectivity index (χ1n) is 5.92. The molecule has 0 saturated carbocycles. The topological polar surface area (TPSA) is 84.9 Å².